The maximum atomic E-state index is 13.2. The number of rotatable bonds is 15. The number of carbonyl (C=O) groups excluding carboxylic acids is 2. The van der Waals surface area contributed by atoms with E-state index in [1.165, 1.54) is 7.11 Å². The number of carbonyl (C=O) groups is 2. The van der Waals surface area contributed by atoms with Gasteiger partial charge < -0.3 is 30.7 Å². The van der Waals surface area contributed by atoms with Crippen LogP contribution >= 0.6 is 21.6 Å². The zero-order valence-electron chi connectivity index (χ0n) is 25.7. The second kappa shape index (κ2) is 15.6. The number of anilines is 1. The fourth-order valence-corrected chi connectivity index (χ4v) is 8.08. The van der Waals surface area contributed by atoms with E-state index in [1.54, 1.807) is 24.3 Å². The number of unbranched alkanes of at least 4 members (excludes halogenated alkanes) is 3. The first-order valence-electron chi connectivity index (χ1n) is 14.8. The van der Waals surface area contributed by atoms with Crippen molar-refractivity contribution in [2.75, 3.05) is 64.2 Å². The minimum atomic E-state index is -1.53. The van der Waals surface area contributed by atoms with E-state index in [9.17, 15) is 9.59 Å². The van der Waals surface area contributed by atoms with Gasteiger partial charge in [-0.15, -0.1) is 11.6 Å². The number of hydrogen-bond donors (Lipinski definition) is 3. The van der Waals surface area contributed by atoms with Gasteiger partial charge in [0.2, 0.25) is 0 Å². The van der Waals surface area contributed by atoms with Crippen molar-refractivity contribution < 1.29 is 23.8 Å². The molecular formula is C34H42ClN3O5S. The third kappa shape index (κ3) is 7.82. The Kier molecular flexibility index (Phi) is 11.9. The summed E-state index contributed by atoms with van der Waals surface area (Å²) in [5.74, 6) is -0.0732. The van der Waals surface area contributed by atoms with Crippen LogP contribution in [0.15, 0.2) is 70.0 Å². The summed E-state index contributed by atoms with van der Waals surface area (Å²) in [5, 5.41) is 11.2. The molecule has 2 aliphatic rings. The van der Waals surface area contributed by atoms with E-state index in [4.69, 9.17) is 37.0 Å². The lowest BCUT2D eigenvalue weighted by Gasteiger charge is -2.43. The summed E-state index contributed by atoms with van der Waals surface area (Å²) in [6.45, 7) is 2.35. The molecule has 4 rings (SSSR count). The number of nitrogen functional groups attached to an aromatic ring is 1. The fraction of sp³-hybridized carbons (Fsp3) is 0.382. The lowest BCUT2D eigenvalue weighted by Crippen LogP contribution is -2.28. The second-order valence-electron chi connectivity index (χ2n) is 11.0. The third-order valence-corrected chi connectivity index (χ3v) is 10.8. The van der Waals surface area contributed by atoms with Gasteiger partial charge in [-0.1, -0.05) is 25.0 Å². The van der Waals surface area contributed by atoms with Crippen LogP contribution in [0.1, 0.15) is 57.5 Å². The van der Waals surface area contributed by atoms with Crippen LogP contribution in [0, 0.1) is 5.41 Å². The molecule has 0 saturated heterocycles. The monoisotopic (exact) mass is 639 g/mol. The Hall–Kier alpha value is -3.37. The number of alkyl halides is 1. The molecule has 0 fully saturated rings. The van der Waals surface area contributed by atoms with Gasteiger partial charge in [-0.2, -0.15) is 10.0 Å². The van der Waals surface area contributed by atoms with Crippen molar-refractivity contribution in [3.8, 4) is 0 Å². The number of halogens is 1. The molecule has 1 amide bonds. The Morgan fingerprint density at radius 1 is 0.932 bits per heavy atom. The second-order valence-corrected chi connectivity index (χ2v) is 14.9. The van der Waals surface area contributed by atoms with Gasteiger partial charge in [0.15, 0.2) is 0 Å². The highest BCUT2D eigenvalue weighted by Gasteiger charge is 2.36. The topological polar surface area (TPSA) is 124 Å². The van der Waals surface area contributed by atoms with Crippen molar-refractivity contribution in [2.45, 2.75) is 30.6 Å². The molecule has 8 nitrogen and oxygen atoms in total. The molecule has 236 valence electrons. The highest BCUT2D eigenvalue weighted by Crippen LogP contribution is 2.66. The minimum absolute atomic E-state index is 0.277. The molecule has 0 spiro atoms. The molecule has 1 aliphatic carbocycles. The van der Waals surface area contributed by atoms with Gasteiger partial charge >= 0.3 is 5.97 Å². The summed E-state index contributed by atoms with van der Waals surface area (Å²) >= 11 is 5.69. The van der Waals surface area contributed by atoms with Crippen LogP contribution in [-0.2, 0) is 14.2 Å². The van der Waals surface area contributed by atoms with Crippen LogP contribution in [-0.4, -0.2) is 76.1 Å². The van der Waals surface area contributed by atoms with Crippen molar-refractivity contribution in [2.24, 2.45) is 0 Å². The number of esters is 1. The largest absolute Gasteiger partial charge is 0.465 e. The van der Waals surface area contributed by atoms with E-state index in [1.807, 2.05) is 30.4 Å². The average Bonchev–Trinajstić information content (AvgIpc) is 3.01. The van der Waals surface area contributed by atoms with Crippen LogP contribution in [0.3, 0.4) is 0 Å². The number of nitrogens with two attached hydrogens (primary N) is 1. The van der Waals surface area contributed by atoms with E-state index in [0.29, 0.717) is 66.9 Å². The molecule has 44 heavy (non-hydrogen) atoms. The first-order valence-corrected chi connectivity index (χ1v) is 17.8. The summed E-state index contributed by atoms with van der Waals surface area (Å²) in [5.41, 5.74) is 11.3. The third-order valence-electron chi connectivity index (χ3n) is 7.66. The lowest BCUT2D eigenvalue weighted by atomic mass is 9.86. The van der Waals surface area contributed by atoms with Crippen molar-refractivity contribution >= 4 is 50.5 Å². The Bertz CT molecular complexity index is 1500. The number of benzene rings is 2. The number of allylic oxidation sites excluding steroid dienone is 4. The first-order chi connectivity index (χ1) is 21.2. The molecule has 10 heteroatoms. The van der Waals surface area contributed by atoms with Gasteiger partial charge in [0.25, 0.3) is 5.91 Å². The molecule has 0 radical (unpaired) electrons. The molecule has 0 saturated carbocycles. The fourth-order valence-electron chi connectivity index (χ4n) is 5.37. The molecule has 0 bridgehead atoms. The quantitative estimate of drug-likeness (QED) is 0.0906. The predicted molar refractivity (Wildman–Crippen MR) is 180 cm³/mol. The Labute approximate surface area is 266 Å². The number of fused-ring (bicyclic) bond motifs is 2. The Morgan fingerprint density at radius 2 is 1.68 bits per heavy atom. The van der Waals surface area contributed by atoms with Crippen molar-refractivity contribution in [1.29, 1.82) is 5.41 Å². The summed E-state index contributed by atoms with van der Waals surface area (Å²) in [7, 11) is -0.184. The molecule has 0 aromatic heterocycles. The summed E-state index contributed by atoms with van der Waals surface area (Å²) < 4.78 is 16.4. The van der Waals surface area contributed by atoms with Crippen molar-refractivity contribution in [3.63, 3.8) is 0 Å². The molecule has 1 heterocycles. The molecule has 0 atom stereocenters. The average molecular weight is 640 g/mol. The summed E-state index contributed by atoms with van der Waals surface area (Å²) in [6.07, 6.45) is 14.2. The van der Waals surface area contributed by atoms with E-state index < -0.39 is 16.0 Å². The van der Waals surface area contributed by atoms with Gasteiger partial charge in [-0.3, -0.25) is 4.79 Å². The molecule has 0 unspecified atom stereocenters. The highest BCUT2D eigenvalue weighted by atomic mass is 35.5. The Balaban J connectivity index is 1.52. The zero-order valence-corrected chi connectivity index (χ0v) is 27.2. The molecule has 1 aliphatic heterocycles. The van der Waals surface area contributed by atoms with E-state index in [2.05, 4.69) is 17.8 Å². The lowest BCUT2D eigenvalue weighted by molar-refractivity contribution is 0.0468. The maximum absolute atomic E-state index is 13.2. The maximum Gasteiger partial charge on any atom is 0.338 e. The zero-order chi connectivity index (χ0) is 31.7. The van der Waals surface area contributed by atoms with Crippen LogP contribution in [0.4, 0.5) is 5.69 Å². The molecular weight excluding hydrogens is 598 g/mol. The number of methoxy groups -OCH3 is 1. The first kappa shape index (κ1) is 33.5. The van der Waals surface area contributed by atoms with Crippen molar-refractivity contribution in [1.82, 2.24) is 5.32 Å². The molecule has 4 N–H and O–H groups in total. The number of ether oxygens (including phenoxy) is 3. The van der Waals surface area contributed by atoms with Crippen LogP contribution in [0.2, 0.25) is 0 Å². The summed E-state index contributed by atoms with van der Waals surface area (Å²) in [6, 6.07) is 10.8. The SMILES string of the molecule is COC(=O)c1ccc(C(=O)NCCOCCOCCCCCCCl)cc1C1=C2C=CC(=N)C=C2S(C)(C)c2cc(N)ccc21. The highest BCUT2D eigenvalue weighted by molar-refractivity contribution is 8.36. The molecule has 2 aromatic carbocycles. The van der Waals surface area contributed by atoms with Gasteiger partial charge in [-0.05, 0) is 90.1 Å². The Morgan fingerprint density at radius 3 is 2.43 bits per heavy atom. The van der Waals surface area contributed by atoms with Crippen LogP contribution < -0.4 is 11.1 Å². The van der Waals surface area contributed by atoms with E-state index in [-0.39, 0.29) is 5.91 Å². The number of nitrogens with one attached hydrogen (secondary N) is 2. The van der Waals surface area contributed by atoms with Gasteiger partial charge in [0.1, 0.15) is 0 Å². The van der Waals surface area contributed by atoms with Gasteiger partial charge in [-0.25, -0.2) is 4.79 Å². The van der Waals surface area contributed by atoms with E-state index in [0.717, 1.165) is 52.2 Å². The summed E-state index contributed by atoms with van der Waals surface area (Å²) in [4.78, 5) is 28.3. The van der Waals surface area contributed by atoms with E-state index >= 15 is 0 Å². The number of hydrogen-bond acceptors (Lipinski definition) is 7. The van der Waals surface area contributed by atoms with Gasteiger partial charge in [0, 0.05) is 40.1 Å². The van der Waals surface area contributed by atoms with Gasteiger partial charge in [0.05, 0.1) is 38.2 Å². The predicted octanol–water partition coefficient (Wildman–Crippen LogP) is 6.33. The van der Waals surface area contributed by atoms with Crippen LogP contribution in [0.25, 0.3) is 5.57 Å². The standard InChI is InChI=1S/C34H42ClN3O5S/c1-41-34(40)26-11-8-23(33(39)38-15-17-43-19-18-42-16-7-5-4-6-14-35)20-29(26)32-27-12-9-24(36)21-30(27)44(2,3)31-22-25(37)10-13-28(31)32/h8-13,20-22,36H,4-7,14-19,37H2,1-3H3,(H,38,39). The molecule has 2 aromatic rings. The van der Waals surface area contributed by atoms with Crippen LogP contribution in [0.5, 0.6) is 0 Å². The smallest absolute Gasteiger partial charge is 0.338 e. The normalized spacial score (nSPS) is 15.7. The van der Waals surface area contributed by atoms with Crippen molar-refractivity contribution in [3.05, 3.63) is 87.4 Å². The number of amides is 1. The minimum Gasteiger partial charge on any atom is -0.465 e.